The van der Waals surface area contributed by atoms with Crippen LogP contribution in [-0.4, -0.2) is 0 Å². The van der Waals surface area contributed by atoms with Crippen molar-refractivity contribution in [1.29, 1.82) is 0 Å². The molecule has 4 aromatic carbocycles. The summed E-state index contributed by atoms with van der Waals surface area (Å²) in [6, 6.07) is 18.8. The van der Waals surface area contributed by atoms with E-state index < -0.39 is 5.82 Å². The van der Waals surface area contributed by atoms with Gasteiger partial charge < -0.3 is 0 Å². The van der Waals surface area contributed by atoms with E-state index in [-0.39, 0.29) is 16.7 Å². The fraction of sp³-hybridized carbons (Fsp3) is 0.172. The van der Waals surface area contributed by atoms with Crippen LogP contribution in [0.2, 0.25) is 5.02 Å². The van der Waals surface area contributed by atoms with E-state index in [4.69, 9.17) is 11.6 Å². The minimum absolute atomic E-state index is 0.0752. The fourth-order valence-electron chi connectivity index (χ4n) is 4.04. The first kappa shape index (κ1) is 23.1. The maximum atomic E-state index is 15.2. The lowest BCUT2D eigenvalue weighted by atomic mass is 9.96. The second-order valence-corrected chi connectivity index (χ2v) is 8.55. The molecule has 0 radical (unpaired) electrons. The summed E-state index contributed by atoms with van der Waals surface area (Å²) in [7, 11) is 0. The Morgan fingerprint density at radius 3 is 2.27 bits per heavy atom. The van der Waals surface area contributed by atoms with Gasteiger partial charge in [-0.15, -0.1) is 0 Å². The van der Waals surface area contributed by atoms with Crippen LogP contribution in [0.4, 0.5) is 13.2 Å². The largest absolute Gasteiger partial charge is 0.206 e. The monoisotopic (exact) mass is 464 g/mol. The van der Waals surface area contributed by atoms with Gasteiger partial charge in [-0.1, -0.05) is 66.2 Å². The molecule has 4 rings (SSSR count). The van der Waals surface area contributed by atoms with Crippen LogP contribution >= 0.6 is 11.6 Å². The van der Waals surface area contributed by atoms with Crippen molar-refractivity contribution in [2.75, 3.05) is 0 Å². The molecule has 4 aromatic rings. The molecule has 0 aliphatic rings. The maximum absolute atomic E-state index is 15.2. The lowest BCUT2D eigenvalue weighted by Crippen LogP contribution is -1.97. The van der Waals surface area contributed by atoms with Gasteiger partial charge in [0.2, 0.25) is 0 Å². The van der Waals surface area contributed by atoms with Gasteiger partial charge in [-0.2, -0.15) is 0 Å². The number of halogens is 4. The van der Waals surface area contributed by atoms with Crippen LogP contribution in [0.15, 0.2) is 78.9 Å². The molecule has 0 atom stereocenters. The second-order valence-electron chi connectivity index (χ2n) is 8.14. The summed E-state index contributed by atoms with van der Waals surface area (Å²) in [5, 5.41) is 1.27. The molecule has 0 unspecified atom stereocenters. The molecule has 0 saturated carbocycles. The summed E-state index contributed by atoms with van der Waals surface area (Å²) >= 11 is 5.73. The third kappa shape index (κ3) is 5.31. The molecule has 168 valence electrons. The van der Waals surface area contributed by atoms with Gasteiger partial charge in [0, 0.05) is 10.9 Å². The Morgan fingerprint density at radius 1 is 0.758 bits per heavy atom. The molecule has 0 amide bonds. The van der Waals surface area contributed by atoms with Crippen LogP contribution in [0.25, 0.3) is 21.9 Å². The third-order valence-corrected chi connectivity index (χ3v) is 6.19. The molecular formula is C29H24ClF3. The Morgan fingerprint density at radius 2 is 1.52 bits per heavy atom. The number of rotatable bonds is 7. The second kappa shape index (κ2) is 10.3. The van der Waals surface area contributed by atoms with Crippen molar-refractivity contribution in [3.05, 3.63) is 118 Å². The van der Waals surface area contributed by atoms with Crippen LogP contribution in [0, 0.1) is 17.5 Å². The van der Waals surface area contributed by atoms with E-state index in [1.165, 1.54) is 12.1 Å². The highest BCUT2D eigenvalue weighted by atomic mass is 35.5. The molecule has 33 heavy (non-hydrogen) atoms. The minimum atomic E-state index is -0.473. The molecule has 0 aromatic heterocycles. The predicted octanol–water partition coefficient (Wildman–Crippen LogP) is 8.87. The molecule has 0 fully saturated rings. The van der Waals surface area contributed by atoms with Gasteiger partial charge >= 0.3 is 0 Å². The van der Waals surface area contributed by atoms with Crippen LogP contribution in [-0.2, 0) is 19.3 Å². The maximum Gasteiger partial charge on any atom is 0.142 e. The molecule has 0 heterocycles. The summed E-state index contributed by atoms with van der Waals surface area (Å²) in [4.78, 5) is 0. The van der Waals surface area contributed by atoms with Crippen LogP contribution in [0.5, 0.6) is 0 Å². The van der Waals surface area contributed by atoms with Gasteiger partial charge in [0.1, 0.15) is 17.5 Å². The molecular weight excluding hydrogens is 441 g/mol. The molecule has 0 saturated heterocycles. The van der Waals surface area contributed by atoms with Gasteiger partial charge in [0.15, 0.2) is 0 Å². The molecule has 0 N–H and O–H groups in total. The summed E-state index contributed by atoms with van der Waals surface area (Å²) in [6.07, 6.45) is 6.65. The zero-order valence-corrected chi connectivity index (χ0v) is 19.1. The molecule has 0 aliphatic carbocycles. The van der Waals surface area contributed by atoms with Gasteiger partial charge in [-0.05, 0) is 84.5 Å². The normalized spacial score (nSPS) is 11.5. The fourth-order valence-corrected chi connectivity index (χ4v) is 4.15. The average molecular weight is 465 g/mol. The highest BCUT2D eigenvalue weighted by molar-refractivity contribution is 6.30. The Bertz CT molecular complexity index is 1320. The number of aryl methyl sites for hydroxylation is 3. The standard InChI is InChI=1S/C29H24ClF3/c1-2-3-4-5-19-7-13-24(27(31)16-19)22-12-14-25-23(18-22)11-10-21(29(25)33)9-6-20-8-15-26(30)28(32)17-20/h2-3,7-8,10-18H,4-6,9H2,1H3/b3-2+. The van der Waals surface area contributed by atoms with Crippen molar-refractivity contribution >= 4 is 22.4 Å². The van der Waals surface area contributed by atoms with E-state index in [0.717, 1.165) is 24.0 Å². The highest BCUT2D eigenvalue weighted by Gasteiger charge is 2.12. The highest BCUT2D eigenvalue weighted by Crippen LogP contribution is 2.30. The molecule has 0 bridgehead atoms. The lowest BCUT2D eigenvalue weighted by Gasteiger charge is -2.10. The summed E-state index contributed by atoms with van der Waals surface area (Å²) in [5.41, 5.74) is 3.48. The average Bonchev–Trinajstić information content (AvgIpc) is 2.81. The number of benzene rings is 4. The van der Waals surface area contributed by atoms with Crippen LogP contribution < -0.4 is 0 Å². The number of hydrogen-bond donors (Lipinski definition) is 0. The summed E-state index contributed by atoms with van der Waals surface area (Å²) in [6.45, 7) is 1.97. The van der Waals surface area contributed by atoms with Gasteiger partial charge in [-0.3, -0.25) is 0 Å². The van der Waals surface area contributed by atoms with Gasteiger partial charge in [-0.25, -0.2) is 13.2 Å². The Labute approximate surface area is 197 Å². The van der Waals surface area contributed by atoms with E-state index in [0.29, 0.717) is 40.3 Å². The number of fused-ring (bicyclic) bond motifs is 1. The third-order valence-electron chi connectivity index (χ3n) is 5.88. The molecule has 0 spiro atoms. The first-order valence-electron chi connectivity index (χ1n) is 11.0. The van der Waals surface area contributed by atoms with E-state index in [1.54, 1.807) is 36.4 Å². The lowest BCUT2D eigenvalue weighted by molar-refractivity contribution is 0.617. The van der Waals surface area contributed by atoms with Crippen molar-refractivity contribution < 1.29 is 13.2 Å². The SMILES string of the molecule is C/C=C/CCc1ccc(-c2ccc3c(F)c(CCc4ccc(Cl)c(F)c4)ccc3c2)c(F)c1. The molecule has 0 aliphatic heterocycles. The van der Waals surface area contributed by atoms with Crippen molar-refractivity contribution in [3.63, 3.8) is 0 Å². The van der Waals surface area contributed by atoms with Crippen molar-refractivity contribution in [3.8, 4) is 11.1 Å². The number of allylic oxidation sites excluding steroid dienone is 2. The zero-order valence-electron chi connectivity index (χ0n) is 18.3. The zero-order chi connectivity index (χ0) is 23.4. The van der Waals surface area contributed by atoms with E-state index in [1.807, 2.05) is 31.2 Å². The Kier molecular flexibility index (Phi) is 7.20. The minimum Gasteiger partial charge on any atom is -0.206 e. The summed E-state index contributed by atoms with van der Waals surface area (Å²) in [5.74, 6) is -1.05. The number of hydrogen-bond acceptors (Lipinski definition) is 0. The first-order chi connectivity index (χ1) is 16.0. The summed E-state index contributed by atoms with van der Waals surface area (Å²) < 4.78 is 43.6. The van der Waals surface area contributed by atoms with Crippen molar-refractivity contribution in [1.82, 2.24) is 0 Å². The first-order valence-corrected chi connectivity index (χ1v) is 11.4. The van der Waals surface area contributed by atoms with Gasteiger partial charge in [0.05, 0.1) is 5.02 Å². The Hall–Kier alpha value is -3.04. The molecule has 0 nitrogen and oxygen atoms in total. The quantitative estimate of drug-likeness (QED) is 0.239. The predicted molar refractivity (Wildman–Crippen MR) is 131 cm³/mol. The van der Waals surface area contributed by atoms with Crippen LogP contribution in [0.1, 0.15) is 30.0 Å². The van der Waals surface area contributed by atoms with Crippen LogP contribution in [0.3, 0.4) is 0 Å². The topological polar surface area (TPSA) is 0 Å². The van der Waals surface area contributed by atoms with E-state index in [2.05, 4.69) is 6.08 Å². The smallest absolute Gasteiger partial charge is 0.142 e. The van der Waals surface area contributed by atoms with Crippen molar-refractivity contribution in [2.45, 2.75) is 32.6 Å². The van der Waals surface area contributed by atoms with Crippen molar-refractivity contribution in [2.24, 2.45) is 0 Å². The van der Waals surface area contributed by atoms with E-state index >= 15 is 4.39 Å². The Balaban J connectivity index is 1.55. The van der Waals surface area contributed by atoms with Gasteiger partial charge in [0.25, 0.3) is 0 Å². The van der Waals surface area contributed by atoms with E-state index in [9.17, 15) is 8.78 Å². The molecule has 4 heteroatoms.